The zero-order valence-corrected chi connectivity index (χ0v) is 15.1. The van der Waals surface area contributed by atoms with Crippen LogP contribution in [0.4, 0.5) is 0 Å². The maximum absolute atomic E-state index is 12.4. The summed E-state index contributed by atoms with van der Waals surface area (Å²) in [5.74, 6) is 1.32. The van der Waals surface area contributed by atoms with Crippen LogP contribution in [0, 0.1) is 0 Å². The van der Waals surface area contributed by atoms with Crippen LogP contribution in [0.1, 0.15) is 41.1 Å². The first-order valence-electron chi connectivity index (χ1n) is 8.13. The molecule has 1 aliphatic rings. The van der Waals surface area contributed by atoms with Gasteiger partial charge >= 0.3 is 0 Å². The molecular weight excluding hydrogens is 354 g/mol. The van der Waals surface area contributed by atoms with E-state index in [9.17, 15) is 4.79 Å². The summed E-state index contributed by atoms with van der Waals surface area (Å²) in [6.45, 7) is 0. The van der Waals surface area contributed by atoms with Crippen molar-refractivity contribution in [3.05, 3.63) is 64.2 Å². The van der Waals surface area contributed by atoms with E-state index in [1.807, 2.05) is 47.8 Å². The van der Waals surface area contributed by atoms with Crippen molar-refractivity contribution in [3.63, 3.8) is 0 Å². The van der Waals surface area contributed by atoms with Crippen molar-refractivity contribution < 1.29 is 9.21 Å². The standard InChI is InChI=1S/C18H17N3O2S2/c22-15(11-25-18-21-20-17(23-18)13-8-9-13)19-16(14-7-4-10-24-14)12-5-2-1-3-6-12/h1-7,10,13,16H,8-9,11H2,(H,19,22)/t16-/m0/s1. The highest BCUT2D eigenvalue weighted by molar-refractivity contribution is 7.99. The van der Waals surface area contributed by atoms with Crippen molar-refractivity contribution >= 4 is 29.0 Å². The molecule has 3 aromatic rings. The van der Waals surface area contributed by atoms with E-state index in [4.69, 9.17) is 4.42 Å². The van der Waals surface area contributed by atoms with E-state index in [-0.39, 0.29) is 17.7 Å². The van der Waals surface area contributed by atoms with Gasteiger partial charge in [0.15, 0.2) is 0 Å². The van der Waals surface area contributed by atoms with Gasteiger partial charge < -0.3 is 9.73 Å². The number of thioether (sulfide) groups is 1. The molecule has 2 heterocycles. The number of thiophene rings is 1. The fraction of sp³-hybridized carbons (Fsp3) is 0.278. The van der Waals surface area contributed by atoms with Gasteiger partial charge in [0.25, 0.3) is 5.22 Å². The molecule has 7 heteroatoms. The normalized spacial score (nSPS) is 15.0. The Balaban J connectivity index is 1.40. The van der Waals surface area contributed by atoms with Gasteiger partial charge in [0.2, 0.25) is 11.8 Å². The van der Waals surface area contributed by atoms with Crippen molar-refractivity contribution in [1.82, 2.24) is 15.5 Å². The summed E-state index contributed by atoms with van der Waals surface area (Å²) in [7, 11) is 0. The number of nitrogens with one attached hydrogen (secondary N) is 1. The van der Waals surface area contributed by atoms with Crippen LogP contribution in [0.5, 0.6) is 0 Å². The smallest absolute Gasteiger partial charge is 0.277 e. The van der Waals surface area contributed by atoms with E-state index in [1.165, 1.54) is 11.8 Å². The third kappa shape index (κ3) is 4.11. The molecule has 0 bridgehead atoms. The first kappa shape index (κ1) is 16.4. The highest BCUT2D eigenvalue weighted by atomic mass is 32.2. The van der Waals surface area contributed by atoms with E-state index in [2.05, 4.69) is 15.5 Å². The van der Waals surface area contributed by atoms with Crippen molar-refractivity contribution in [1.29, 1.82) is 0 Å². The minimum absolute atomic E-state index is 0.0570. The van der Waals surface area contributed by atoms with Crippen molar-refractivity contribution in [3.8, 4) is 0 Å². The molecule has 0 radical (unpaired) electrons. The predicted octanol–water partition coefficient (Wildman–Crippen LogP) is 4.01. The zero-order valence-electron chi connectivity index (χ0n) is 13.4. The molecule has 25 heavy (non-hydrogen) atoms. The van der Waals surface area contributed by atoms with Crippen LogP contribution >= 0.6 is 23.1 Å². The molecule has 1 amide bonds. The number of hydrogen-bond acceptors (Lipinski definition) is 6. The predicted molar refractivity (Wildman–Crippen MR) is 97.7 cm³/mol. The summed E-state index contributed by atoms with van der Waals surface area (Å²) < 4.78 is 5.58. The third-order valence-corrected chi connectivity index (χ3v) is 5.70. The molecule has 1 saturated carbocycles. The second-order valence-electron chi connectivity index (χ2n) is 5.90. The molecule has 2 aromatic heterocycles. The van der Waals surface area contributed by atoms with Crippen LogP contribution in [0.2, 0.25) is 0 Å². The minimum Gasteiger partial charge on any atom is -0.416 e. The van der Waals surface area contributed by atoms with E-state index in [1.54, 1.807) is 11.3 Å². The van der Waals surface area contributed by atoms with Gasteiger partial charge in [-0.15, -0.1) is 21.5 Å². The molecule has 5 nitrogen and oxygen atoms in total. The summed E-state index contributed by atoms with van der Waals surface area (Å²) >= 11 is 2.91. The van der Waals surface area contributed by atoms with Gasteiger partial charge in [-0.05, 0) is 29.9 Å². The molecule has 0 aliphatic heterocycles. The SMILES string of the molecule is O=C(CSc1nnc(C2CC2)o1)N[C@@H](c1ccccc1)c1cccs1. The monoisotopic (exact) mass is 371 g/mol. The molecule has 1 aliphatic carbocycles. The van der Waals surface area contributed by atoms with Crippen molar-refractivity contribution in [2.75, 3.05) is 5.75 Å². The van der Waals surface area contributed by atoms with Gasteiger partial charge in [-0.25, -0.2) is 0 Å². The Morgan fingerprint density at radius 3 is 2.80 bits per heavy atom. The Morgan fingerprint density at radius 2 is 2.08 bits per heavy atom. The number of carbonyl (C=O) groups excluding carboxylic acids is 1. The highest BCUT2D eigenvalue weighted by Crippen LogP contribution is 2.39. The first-order chi connectivity index (χ1) is 12.3. The number of benzene rings is 1. The zero-order chi connectivity index (χ0) is 17.1. The van der Waals surface area contributed by atoms with E-state index < -0.39 is 0 Å². The minimum atomic E-state index is -0.140. The van der Waals surface area contributed by atoms with E-state index in [0.29, 0.717) is 17.0 Å². The average Bonchev–Trinajstić information content (AvgIpc) is 3.15. The van der Waals surface area contributed by atoms with Gasteiger partial charge in [0.1, 0.15) is 0 Å². The summed E-state index contributed by atoms with van der Waals surface area (Å²) in [4.78, 5) is 13.5. The highest BCUT2D eigenvalue weighted by Gasteiger charge is 2.29. The average molecular weight is 371 g/mol. The molecule has 1 atom stereocenters. The lowest BCUT2D eigenvalue weighted by atomic mass is 10.1. The van der Waals surface area contributed by atoms with E-state index in [0.717, 1.165) is 23.3 Å². The first-order valence-corrected chi connectivity index (χ1v) is 10.00. The molecule has 4 rings (SSSR count). The molecule has 1 aromatic carbocycles. The number of nitrogens with zero attached hydrogens (tertiary/aromatic N) is 2. The lowest BCUT2D eigenvalue weighted by Gasteiger charge is -2.17. The molecule has 0 unspecified atom stereocenters. The third-order valence-electron chi connectivity index (χ3n) is 3.94. The lowest BCUT2D eigenvalue weighted by molar-refractivity contribution is -0.119. The molecule has 0 spiro atoms. The molecule has 0 saturated heterocycles. The second-order valence-corrected chi connectivity index (χ2v) is 7.80. The molecule has 128 valence electrons. The maximum Gasteiger partial charge on any atom is 0.277 e. The van der Waals surface area contributed by atoms with Crippen LogP contribution in [-0.4, -0.2) is 21.9 Å². The molecule has 1 fully saturated rings. The lowest BCUT2D eigenvalue weighted by Crippen LogP contribution is -2.30. The van der Waals surface area contributed by atoms with Gasteiger partial charge in [-0.1, -0.05) is 48.2 Å². The van der Waals surface area contributed by atoms with Gasteiger partial charge in [-0.3, -0.25) is 4.79 Å². The summed E-state index contributed by atoms with van der Waals surface area (Å²) in [5.41, 5.74) is 1.07. The summed E-state index contributed by atoms with van der Waals surface area (Å²) in [6.07, 6.45) is 2.23. The number of carbonyl (C=O) groups is 1. The van der Waals surface area contributed by atoms with Crippen LogP contribution in [0.15, 0.2) is 57.5 Å². The van der Waals surface area contributed by atoms with Crippen LogP contribution < -0.4 is 5.32 Å². The van der Waals surface area contributed by atoms with Crippen LogP contribution in [0.3, 0.4) is 0 Å². The fourth-order valence-corrected chi connectivity index (χ4v) is 3.91. The van der Waals surface area contributed by atoms with E-state index >= 15 is 0 Å². The number of aromatic nitrogens is 2. The Morgan fingerprint density at radius 1 is 1.24 bits per heavy atom. The second kappa shape index (κ2) is 7.41. The maximum atomic E-state index is 12.4. The largest absolute Gasteiger partial charge is 0.416 e. The molecule has 1 N–H and O–H groups in total. The topological polar surface area (TPSA) is 68.0 Å². The Kier molecular flexibility index (Phi) is 4.85. The summed E-state index contributed by atoms with van der Waals surface area (Å²) in [6, 6.07) is 13.9. The van der Waals surface area contributed by atoms with Crippen LogP contribution in [0.25, 0.3) is 0 Å². The Labute approximate surface area is 153 Å². The number of amides is 1. The van der Waals surface area contributed by atoms with Gasteiger partial charge in [0, 0.05) is 10.8 Å². The van der Waals surface area contributed by atoms with Crippen molar-refractivity contribution in [2.24, 2.45) is 0 Å². The number of rotatable bonds is 7. The fourth-order valence-electron chi connectivity index (χ4n) is 2.52. The Bertz CT molecular complexity index is 829. The quantitative estimate of drug-likeness (QED) is 0.636. The van der Waals surface area contributed by atoms with Crippen molar-refractivity contribution in [2.45, 2.75) is 30.0 Å². The number of hydrogen-bond donors (Lipinski definition) is 1. The van der Waals surface area contributed by atoms with Crippen LogP contribution in [-0.2, 0) is 4.79 Å². The Hall–Kier alpha value is -2.12. The van der Waals surface area contributed by atoms with Gasteiger partial charge in [0.05, 0.1) is 11.8 Å². The summed E-state index contributed by atoms with van der Waals surface area (Å²) in [5, 5.41) is 13.6. The molecular formula is C18H17N3O2S2. The van der Waals surface area contributed by atoms with Gasteiger partial charge in [-0.2, -0.15) is 0 Å².